The van der Waals surface area contributed by atoms with Crippen LogP contribution in [0, 0.1) is 25.7 Å². The summed E-state index contributed by atoms with van der Waals surface area (Å²) in [5, 5.41) is 2.84. The van der Waals surface area contributed by atoms with Crippen LogP contribution < -0.4 is 10.2 Å². The van der Waals surface area contributed by atoms with Gasteiger partial charge in [-0.05, 0) is 73.9 Å². The summed E-state index contributed by atoms with van der Waals surface area (Å²) in [6.07, 6.45) is 12.1. The number of nitrogens with one attached hydrogen (secondary N) is 1. The van der Waals surface area contributed by atoms with Crippen LogP contribution in [0.15, 0.2) is 67.4 Å². The smallest absolute Gasteiger partial charge is 0.0763 e. The second kappa shape index (κ2) is 22.9. The van der Waals surface area contributed by atoms with Crippen LogP contribution in [0.1, 0.15) is 66.0 Å². The van der Waals surface area contributed by atoms with Gasteiger partial charge in [-0.1, -0.05) is 89.8 Å². The number of hydrogen-bond acceptors (Lipinski definition) is 2. The molecule has 0 fully saturated rings. The lowest BCUT2D eigenvalue weighted by Crippen LogP contribution is -2.13. The molecule has 2 aromatic rings. The second-order valence-corrected chi connectivity index (χ2v) is 9.22. The molecule has 194 valence electrons. The minimum absolute atomic E-state index is 0.771. The van der Waals surface area contributed by atoms with Gasteiger partial charge >= 0.3 is 0 Å². The quantitative estimate of drug-likeness (QED) is 0.245. The monoisotopic (exact) mass is 494 g/mol. The lowest BCUT2D eigenvalue weighted by molar-refractivity contribution is 0.737. The third-order valence-corrected chi connectivity index (χ3v) is 4.17. The first kappa shape index (κ1) is 36.7. The van der Waals surface area contributed by atoms with Crippen LogP contribution in [0.4, 0.5) is 5.69 Å². The highest BCUT2D eigenvalue weighted by Crippen LogP contribution is 2.25. The Morgan fingerprint density at radius 1 is 1.00 bits per heavy atom. The summed E-state index contributed by atoms with van der Waals surface area (Å²) >= 11 is 4.70. The van der Waals surface area contributed by atoms with Crippen molar-refractivity contribution in [3.05, 3.63) is 78.5 Å². The molecule has 1 N–H and O–H groups in total. The highest BCUT2D eigenvalue weighted by atomic mass is 32.1. The van der Waals surface area contributed by atoms with Crippen LogP contribution >= 0.6 is 12.2 Å². The number of terminal acetylenes is 1. The molecule has 0 aromatic heterocycles. The minimum atomic E-state index is 0.771. The third kappa shape index (κ3) is 20.3. The first-order valence-electron chi connectivity index (χ1n) is 12.2. The van der Waals surface area contributed by atoms with Gasteiger partial charge < -0.3 is 10.2 Å². The number of anilines is 1. The lowest BCUT2D eigenvalue weighted by atomic mass is 9.97. The Bertz CT molecular complexity index is 844. The van der Waals surface area contributed by atoms with E-state index in [2.05, 4.69) is 120 Å². The van der Waals surface area contributed by atoms with Crippen LogP contribution in [0.25, 0.3) is 11.1 Å². The molecule has 0 saturated carbocycles. The summed E-state index contributed by atoms with van der Waals surface area (Å²) in [5.41, 5.74) is 7.46. The van der Waals surface area contributed by atoms with E-state index in [1.165, 1.54) is 27.9 Å². The van der Waals surface area contributed by atoms with E-state index < -0.39 is 0 Å². The Morgan fingerprint density at radius 2 is 1.46 bits per heavy atom. The first-order chi connectivity index (χ1) is 16.5. The van der Waals surface area contributed by atoms with Crippen molar-refractivity contribution in [2.45, 2.75) is 68.2 Å². The van der Waals surface area contributed by atoms with E-state index in [0.717, 1.165) is 29.4 Å². The molecule has 2 rings (SSSR count). The summed E-state index contributed by atoms with van der Waals surface area (Å²) in [4.78, 5) is 2.89. The standard InChI is InChI=1S/C19H23N.C5H9NS.C4H10.C2H6.C2H2/c1-5-6-7-16-8-9-18(14-15(16)2)17-10-12-19(13-11-17)20(3)4;1-4(2)6-5(3)7;1-4(2)3;2*1-2/h5,8-14H,1,6-7H2,2-4H3;1H2,2-3H3,(H,6,7);4H,1-3H3;1-2H3;1-2H. The Balaban J connectivity index is -0.000000567. The Hall–Kier alpha value is -2.83. The van der Waals surface area contributed by atoms with Crippen molar-refractivity contribution < 1.29 is 0 Å². The van der Waals surface area contributed by atoms with Crippen LogP contribution in [0.2, 0.25) is 0 Å². The maximum atomic E-state index is 4.70. The molecule has 0 aliphatic rings. The van der Waals surface area contributed by atoms with Crippen molar-refractivity contribution in [3.63, 3.8) is 0 Å². The van der Waals surface area contributed by atoms with E-state index in [-0.39, 0.29) is 0 Å². The molecule has 35 heavy (non-hydrogen) atoms. The van der Waals surface area contributed by atoms with Crippen LogP contribution in [0.3, 0.4) is 0 Å². The fourth-order valence-electron chi connectivity index (χ4n) is 2.67. The molecule has 0 heterocycles. The van der Waals surface area contributed by atoms with Gasteiger partial charge in [0.2, 0.25) is 0 Å². The summed E-state index contributed by atoms with van der Waals surface area (Å²) in [6.45, 7) is 23.8. The predicted molar refractivity (Wildman–Crippen MR) is 167 cm³/mol. The molecule has 0 aliphatic heterocycles. The molecule has 0 bridgehead atoms. The van der Waals surface area contributed by atoms with E-state index in [4.69, 9.17) is 12.2 Å². The number of nitrogens with zero attached hydrogens (tertiary/aromatic N) is 1. The van der Waals surface area contributed by atoms with E-state index in [9.17, 15) is 0 Å². The van der Waals surface area contributed by atoms with Crippen molar-refractivity contribution in [1.82, 2.24) is 5.32 Å². The van der Waals surface area contributed by atoms with Crippen molar-refractivity contribution in [3.8, 4) is 24.0 Å². The average molecular weight is 495 g/mol. The van der Waals surface area contributed by atoms with Crippen LogP contribution in [0.5, 0.6) is 0 Å². The summed E-state index contributed by atoms with van der Waals surface area (Å²) in [5.74, 6) is 0.833. The van der Waals surface area contributed by atoms with E-state index in [0.29, 0.717) is 0 Å². The predicted octanol–water partition coefficient (Wildman–Crippen LogP) is 9.24. The minimum Gasteiger partial charge on any atom is -0.378 e. The zero-order chi connectivity index (χ0) is 28.0. The maximum absolute atomic E-state index is 4.70. The molecule has 0 saturated heterocycles. The van der Waals surface area contributed by atoms with Gasteiger partial charge in [-0.2, -0.15) is 0 Å². The molecule has 0 amide bonds. The van der Waals surface area contributed by atoms with E-state index >= 15 is 0 Å². The van der Waals surface area contributed by atoms with Crippen LogP contribution in [-0.2, 0) is 6.42 Å². The molecule has 3 heteroatoms. The third-order valence-electron chi connectivity index (χ3n) is 4.07. The van der Waals surface area contributed by atoms with Gasteiger partial charge in [-0.15, -0.1) is 19.4 Å². The van der Waals surface area contributed by atoms with Crippen LogP contribution in [-0.4, -0.2) is 19.1 Å². The van der Waals surface area contributed by atoms with Crippen molar-refractivity contribution in [2.75, 3.05) is 19.0 Å². The topological polar surface area (TPSA) is 15.3 Å². The van der Waals surface area contributed by atoms with Gasteiger partial charge in [0.1, 0.15) is 0 Å². The van der Waals surface area contributed by atoms with Crippen molar-refractivity contribution >= 4 is 22.9 Å². The van der Waals surface area contributed by atoms with Crippen molar-refractivity contribution in [2.24, 2.45) is 5.92 Å². The summed E-state index contributed by atoms with van der Waals surface area (Å²) in [7, 11) is 4.13. The number of benzene rings is 2. The first-order valence-corrected chi connectivity index (χ1v) is 12.6. The van der Waals surface area contributed by atoms with Gasteiger partial charge in [-0.3, -0.25) is 0 Å². The summed E-state index contributed by atoms with van der Waals surface area (Å²) < 4.78 is 0. The molecule has 0 unspecified atom stereocenters. The van der Waals surface area contributed by atoms with Gasteiger partial charge in [0.15, 0.2) is 0 Å². The highest BCUT2D eigenvalue weighted by Gasteiger charge is 2.03. The number of thiocarbonyl (C=S) groups is 1. The second-order valence-electron chi connectivity index (χ2n) is 8.60. The Morgan fingerprint density at radius 3 is 1.77 bits per heavy atom. The van der Waals surface area contributed by atoms with Gasteiger partial charge in [0.25, 0.3) is 0 Å². The van der Waals surface area contributed by atoms with Crippen molar-refractivity contribution in [1.29, 1.82) is 0 Å². The lowest BCUT2D eigenvalue weighted by Gasteiger charge is -2.13. The molecule has 0 aliphatic carbocycles. The zero-order valence-corrected chi connectivity index (χ0v) is 24.9. The van der Waals surface area contributed by atoms with E-state index in [1.54, 1.807) is 0 Å². The Kier molecular flexibility index (Phi) is 24.1. The zero-order valence-electron chi connectivity index (χ0n) is 24.0. The molecule has 0 spiro atoms. The summed E-state index contributed by atoms with van der Waals surface area (Å²) in [6, 6.07) is 15.4. The largest absolute Gasteiger partial charge is 0.378 e. The molecular formula is C32H50N2S. The maximum Gasteiger partial charge on any atom is 0.0763 e. The molecule has 2 nitrogen and oxygen atoms in total. The normalized spacial score (nSPS) is 8.71. The molecular weight excluding hydrogens is 444 g/mol. The average Bonchev–Trinajstić information content (AvgIpc) is 2.80. The number of rotatable bonds is 6. The van der Waals surface area contributed by atoms with E-state index in [1.807, 2.05) is 33.8 Å². The number of hydrogen-bond donors (Lipinski definition) is 1. The molecule has 0 radical (unpaired) electrons. The number of aryl methyl sites for hydroxylation is 2. The van der Waals surface area contributed by atoms with Gasteiger partial charge in [-0.25, -0.2) is 0 Å². The fraction of sp³-hybridized carbons (Fsp3) is 0.406. The molecule has 0 atom stereocenters. The van der Waals surface area contributed by atoms with Gasteiger partial charge in [0, 0.05) is 25.5 Å². The number of allylic oxidation sites excluding steroid dienone is 2. The highest BCUT2D eigenvalue weighted by molar-refractivity contribution is 7.80. The van der Waals surface area contributed by atoms with Gasteiger partial charge in [0.05, 0.1) is 4.99 Å². The SMILES string of the molecule is C#C.C=C(C)NC(C)=S.C=CCCc1ccc(-c2ccc(N(C)C)cc2)cc1C.CC.CC(C)C. The molecule has 2 aromatic carbocycles. The fourth-order valence-corrected chi connectivity index (χ4v) is 2.84. The Labute approximate surface area is 223 Å².